The van der Waals surface area contributed by atoms with Gasteiger partial charge in [0.25, 0.3) is 0 Å². The van der Waals surface area contributed by atoms with Crippen LogP contribution in [-0.4, -0.2) is 38.1 Å². The van der Waals surface area contributed by atoms with E-state index in [9.17, 15) is 9.59 Å². The molecule has 0 spiro atoms. The minimum Gasteiger partial charge on any atom is -0.427 e. The lowest BCUT2D eigenvalue weighted by Gasteiger charge is -2.25. The van der Waals surface area contributed by atoms with Crippen molar-refractivity contribution in [3.05, 3.63) is 178 Å². The van der Waals surface area contributed by atoms with Gasteiger partial charge < -0.3 is 19.3 Å². The first-order valence-electron chi connectivity index (χ1n) is 37.5. The zero-order valence-corrected chi connectivity index (χ0v) is 59.7. The molecule has 0 fully saturated rings. The van der Waals surface area contributed by atoms with E-state index in [2.05, 4.69) is 133 Å². The second-order valence-electron chi connectivity index (χ2n) is 26.5. The van der Waals surface area contributed by atoms with E-state index in [-0.39, 0.29) is 0 Å². The zero-order valence-electron chi connectivity index (χ0n) is 59.7. The third-order valence-corrected chi connectivity index (χ3v) is 18.3. The molecular weight excluding hydrogens is 1170 g/mol. The van der Waals surface area contributed by atoms with Gasteiger partial charge in [0, 0.05) is 107 Å². The van der Waals surface area contributed by atoms with Crippen molar-refractivity contribution in [2.75, 3.05) is 36.0 Å². The van der Waals surface area contributed by atoms with Crippen LogP contribution < -0.4 is 19.3 Å². The van der Waals surface area contributed by atoms with Crippen LogP contribution in [0.1, 0.15) is 292 Å². The van der Waals surface area contributed by atoms with Crippen LogP contribution in [0.15, 0.2) is 133 Å². The first-order chi connectivity index (χ1) is 47.1. The molecule has 7 aromatic rings. The molecular formula is C90H112N2O4. The van der Waals surface area contributed by atoms with Crippen molar-refractivity contribution in [3.8, 4) is 58.9 Å². The van der Waals surface area contributed by atoms with Gasteiger partial charge in [-0.1, -0.05) is 255 Å². The molecule has 0 radical (unpaired) electrons. The summed E-state index contributed by atoms with van der Waals surface area (Å²) < 4.78 is 11.3. The summed E-state index contributed by atoms with van der Waals surface area (Å²) in [6, 6.07) is 44.9. The topological polar surface area (TPSA) is 59.1 Å². The molecule has 6 nitrogen and oxygen atoms in total. The fourth-order valence-corrected chi connectivity index (χ4v) is 12.7. The average Bonchev–Trinajstić information content (AvgIpc) is 0.749. The lowest BCUT2D eigenvalue weighted by molar-refractivity contribution is -0.132. The van der Waals surface area contributed by atoms with Crippen molar-refractivity contribution in [3.63, 3.8) is 0 Å². The largest absolute Gasteiger partial charge is 0.427 e. The van der Waals surface area contributed by atoms with E-state index < -0.39 is 11.9 Å². The van der Waals surface area contributed by atoms with Gasteiger partial charge in [0.15, 0.2) is 0 Å². The van der Waals surface area contributed by atoms with Crippen molar-refractivity contribution in [1.82, 2.24) is 0 Å². The molecule has 6 heteroatoms. The Morgan fingerprint density at radius 2 is 0.490 bits per heavy atom. The number of rotatable bonds is 40. The van der Waals surface area contributed by atoms with Gasteiger partial charge in [-0.3, -0.25) is 9.59 Å². The van der Waals surface area contributed by atoms with Crippen molar-refractivity contribution >= 4 is 44.9 Å². The number of carbonyl (C=O) groups is 2. The molecule has 0 saturated heterocycles. The predicted octanol–water partition coefficient (Wildman–Crippen LogP) is 23.6. The maximum atomic E-state index is 12.3. The predicted molar refractivity (Wildman–Crippen MR) is 409 cm³/mol. The molecule has 0 aromatic heterocycles. The average molecular weight is 1290 g/mol. The van der Waals surface area contributed by atoms with Gasteiger partial charge in [-0.05, 0) is 170 Å². The van der Waals surface area contributed by atoms with E-state index in [1.54, 1.807) is 12.1 Å². The normalized spacial score (nSPS) is 10.8. The first-order valence-corrected chi connectivity index (χ1v) is 37.5. The summed E-state index contributed by atoms with van der Waals surface area (Å²) in [6.07, 6.45) is 42.5. The number of carbonyl (C=O) groups excluding carboxylic acids is 2. The van der Waals surface area contributed by atoms with Gasteiger partial charge in [0.1, 0.15) is 11.5 Å². The van der Waals surface area contributed by atoms with Gasteiger partial charge in [-0.15, -0.1) is 0 Å². The number of nitrogens with zero attached hydrogens (tertiary/aromatic N) is 2. The summed E-state index contributed by atoms with van der Waals surface area (Å²) in [5, 5.41) is 3.17. The van der Waals surface area contributed by atoms with Crippen LogP contribution in [0.2, 0.25) is 0 Å². The van der Waals surface area contributed by atoms with E-state index in [1.807, 2.05) is 72.8 Å². The Morgan fingerprint density at radius 1 is 0.271 bits per heavy atom. The molecule has 96 heavy (non-hydrogen) atoms. The van der Waals surface area contributed by atoms with Crippen LogP contribution in [0.4, 0.5) is 11.4 Å². The highest BCUT2D eigenvalue weighted by Crippen LogP contribution is 2.37. The number of esters is 2. The van der Waals surface area contributed by atoms with Gasteiger partial charge >= 0.3 is 11.9 Å². The molecule has 0 heterocycles. The fraction of sp³-hybridized carbons (Fsp3) is 0.467. The molecule has 0 unspecified atom stereocenters. The highest BCUT2D eigenvalue weighted by molar-refractivity contribution is 6.10. The lowest BCUT2D eigenvalue weighted by Crippen LogP contribution is -2.25. The standard InChI is InChI=1S/C90H112N2O4/c1-7-11-15-19-23-27-31-35-67-91(68-36-32-28-24-20-16-12-8-2)81-57-51-79(52-58-81)49-43-75-39-45-77(46-40-75)55-63-85-87-65-61-84(96-74(6)94)72-90(87)86(88-66-62-83(71-89(85)88)95-73(5)93)64-56-78-47-41-76(42-48-78)44-50-80-53-59-82(60-54-80)92(69-37-33-29-25-21-17-13-9-3)70-38-34-30-26-22-18-14-10-4/h39-42,45-48,51-54,57-62,65-66,71-72H,7-38,67-70H2,1-6H3. The van der Waals surface area contributed by atoms with E-state index in [0.29, 0.717) is 11.5 Å². The van der Waals surface area contributed by atoms with Crippen LogP contribution in [0.5, 0.6) is 11.5 Å². The number of benzene rings is 7. The first kappa shape index (κ1) is 75.2. The molecule has 0 amide bonds. The van der Waals surface area contributed by atoms with Gasteiger partial charge in [-0.2, -0.15) is 0 Å². The van der Waals surface area contributed by atoms with Crippen LogP contribution in [-0.2, 0) is 9.59 Å². The van der Waals surface area contributed by atoms with Crippen molar-refractivity contribution < 1.29 is 19.1 Å². The minimum atomic E-state index is -0.420. The van der Waals surface area contributed by atoms with Gasteiger partial charge in [0.05, 0.1) is 0 Å². The fourth-order valence-electron chi connectivity index (χ4n) is 12.7. The van der Waals surface area contributed by atoms with Crippen molar-refractivity contribution in [2.24, 2.45) is 0 Å². The number of anilines is 2. The lowest BCUT2D eigenvalue weighted by atomic mass is 9.91. The molecule has 506 valence electrons. The molecule has 0 aliphatic carbocycles. The molecule has 0 saturated carbocycles. The van der Waals surface area contributed by atoms with Crippen LogP contribution in [0.25, 0.3) is 21.5 Å². The monoisotopic (exact) mass is 1280 g/mol. The quantitative estimate of drug-likeness (QED) is 0.0125. The van der Waals surface area contributed by atoms with Crippen LogP contribution >= 0.6 is 0 Å². The molecule has 0 aliphatic heterocycles. The Kier molecular flexibility index (Phi) is 34.9. The number of hydrogen-bond donors (Lipinski definition) is 0. The summed E-state index contributed by atoms with van der Waals surface area (Å²) in [5.74, 6) is 27.4. The van der Waals surface area contributed by atoms with E-state index in [1.165, 1.54) is 231 Å². The number of hydrogen-bond acceptors (Lipinski definition) is 6. The Labute approximate surface area is 580 Å². The molecule has 0 bridgehead atoms. The van der Waals surface area contributed by atoms with E-state index in [4.69, 9.17) is 9.47 Å². The Hall–Kier alpha value is -8.16. The summed E-state index contributed by atoms with van der Waals surface area (Å²) in [6.45, 7) is 16.4. The molecule has 7 rings (SSSR count). The number of ether oxygens (including phenoxy) is 2. The Bertz CT molecular complexity index is 3410. The maximum Gasteiger partial charge on any atom is 0.308 e. The van der Waals surface area contributed by atoms with E-state index >= 15 is 0 Å². The zero-order chi connectivity index (χ0) is 67.6. The van der Waals surface area contributed by atoms with Gasteiger partial charge in [0.2, 0.25) is 0 Å². The minimum absolute atomic E-state index is 0.401. The second kappa shape index (κ2) is 44.6. The highest BCUT2D eigenvalue weighted by Gasteiger charge is 2.17. The van der Waals surface area contributed by atoms with E-state index in [0.717, 1.165) is 92.2 Å². The summed E-state index contributed by atoms with van der Waals surface area (Å²) in [4.78, 5) is 29.9. The Balaban J connectivity index is 1.06. The summed E-state index contributed by atoms with van der Waals surface area (Å²) in [5.41, 5.74) is 9.45. The van der Waals surface area contributed by atoms with Crippen LogP contribution in [0, 0.1) is 47.4 Å². The Morgan fingerprint density at radius 3 is 0.729 bits per heavy atom. The third-order valence-electron chi connectivity index (χ3n) is 18.3. The summed E-state index contributed by atoms with van der Waals surface area (Å²) >= 11 is 0. The van der Waals surface area contributed by atoms with Crippen molar-refractivity contribution in [2.45, 2.75) is 247 Å². The summed E-state index contributed by atoms with van der Waals surface area (Å²) in [7, 11) is 0. The van der Waals surface area contributed by atoms with Gasteiger partial charge in [-0.25, -0.2) is 0 Å². The number of unbranched alkanes of at least 4 members (excludes halogenated alkanes) is 28. The molecule has 0 N–H and O–H groups in total. The molecule has 0 aliphatic rings. The molecule has 7 aromatic carbocycles. The maximum absolute atomic E-state index is 12.3. The SMILES string of the molecule is CCCCCCCCCCN(CCCCCCCCCC)c1ccc(C#Cc2ccc(C#Cc3c4ccc(OC(C)=O)cc4c(C#Cc4ccc(C#Cc5ccc(N(CCCCCCCCCC)CCCCCCCCCC)cc5)cc4)c4ccc(OC(C)=O)cc34)cc2)cc1. The van der Waals surface area contributed by atoms with Crippen LogP contribution in [0.3, 0.4) is 0 Å². The molecule has 0 atom stereocenters. The smallest absolute Gasteiger partial charge is 0.308 e. The van der Waals surface area contributed by atoms with Crippen molar-refractivity contribution in [1.29, 1.82) is 0 Å². The highest BCUT2D eigenvalue weighted by atomic mass is 16.5. The number of fused-ring (bicyclic) bond motifs is 2. The second-order valence-corrected chi connectivity index (χ2v) is 26.5. The third kappa shape index (κ3) is 27.5.